The number of anilines is 1. The lowest BCUT2D eigenvalue weighted by atomic mass is 10.1. The standard InChI is InChI=1S/C11H13BrN4O2S/c12-6-1-2-7(11(15)19)8(3-6)16(4-9(13)17)5-10(14)18/h1-3H,4-5H2,(H2,13,17)(H2,14,18)(H2,15,19). The number of nitrogens with two attached hydrogens (primary N) is 3. The number of benzene rings is 1. The summed E-state index contributed by atoms with van der Waals surface area (Å²) in [5, 5.41) is 0. The van der Waals surface area contributed by atoms with E-state index in [4.69, 9.17) is 29.4 Å². The largest absolute Gasteiger partial charge is 0.389 e. The summed E-state index contributed by atoms with van der Waals surface area (Å²) in [5.41, 5.74) is 17.0. The summed E-state index contributed by atoms with van der Waals surface area (Å²) >= 11 is 8.25. The van der Waals surface area contributed by atoms with Gasteiger partial charge < -0.3 is 22.1 Å². The highest BCUT2D eigenvalue weighted by molar-refractivity contribution is 9.10. The number of carbonyl (C=O) groups excluding carboxylic acids is 2. The molecule has 6 nitrogen and oxygen atoms in total. The van der Waals surface area contributed by atoms with E-state index in [1.807, 2.05) is 0 Å². The van der Waals surface area contributed by atoms with Crippen LogP contribution in [-0.2, 0) is 9.59 Å². The maximum absolute atomic E-state index is 11.1. The highest BCUT2D eigenvalue weighted by Gasteiger charge is 2.17. The first-order valence-corrected chi connectivity index (χ1v) is 6.42. The van der Waals surface area contributed by atoms with Crippen molar-refractivity contribution in [1.82, 2.24) is 0 Å². The van der Waals surface area contributed by atoms with Crippen molar-refractivity contribution in [2.45, 2.75) is 0 Å². The SMILES string of the molecule is NC(=O)CN(CC(N)=O)c1cc(Br)ccc1C(N)=S. The van der Waals surface area contributed by atoms with Crippen molar-refractivity contribution in [3.8, 4) is 0 Å². The number of rotatable bonds is 6. The first-order valence-electron chi connectivity index (χ1n) is 5.22. The van der Waals surface area contributed by atoms with E-state index < -0.39 is 11.8 Å². The average molecular weight is 345 g/mol. The summed E-state index contributed by atoms with van der Waals surface area (Å²) in [6, 6.07) is 5.14. The summed E-state index contributed by atoms with van der Waals surface area (Å²) < 4.78 is 0.751. The van der Waals surface area contributed by atoms with Crippen LogP contribution in [0.3, 0.4) is 0 Å². The van der Waals surface area contributed by atoms with Crippen LogP contribution in [-0.4, -0.2) is 29.9 Å². The van der Waals surface area contributed by atoms with E-state index in [0.717, 1.165) is 4.47 Å². The van der Waals surface area contributed by atoms with Crippen LogP contribution in [0.2, 0.25) is 0 Å². The molecule has 0 fully saturated rings. The highest BCUT2D eigenvalue weighted by atomic mass is 79.9. The second kappa shape index (κ2) is 6.48. The second-order valence-corrected chi connectivity index (χ2v) is 5.17. The third kappa shape index (κ3) is 4.49. The summed E-state index contributed by atoms with van der Waals surface area (Å²) in [5.74, 6) is -1.18. The maximum atomic E-state index is 11.1. The Labute approximate surface area is 124 Å². The molecule has 6 N–H and O–H groups in total. The first kappa shape index (κ1) is 15.4. The van der Waals surface area contributed by atoms with Crippen LogP contribution in [0.1, 0.15) is 5.56 Å². The first-order chi connectivity index (χ1) is 8.81. The van der Waals surface area contributed by atoms with Gasteiger partial charge in [-0.25, -0.2) is 0 Å². The number of hydrogen-bond donors (Lipinski definition) is 3. The van der Waals surface area contributed by atoms with Crippen molar-refractivity contribution in [1.29, 1.82) is 0 Å². The minimum atomic E-state index is -0.588. The van der Waals surface area contributed by atoms with Crippen LogP contribution in [0.5, 0.6) is 0 Å². The number of nitrogens with zero attached hydrogens (tertiary/aromatic N) is 1. The molecule has 0 bridgehead atoms. The molecule has 0 aliphatic carbocycles. The Bertz CT molecular complexity index is 519. The monoisotopic (exact) mass is 344 g/mol. The predicted molar refractivity (Wildman–Crippen MR) is 80.6 cm³/mol. The lowest BCUT2D eigenvalue weighted by Crippen LogP contribution is -2.40. The van der Waals surface area contributed by atoms with Crippen LogP contribution in [0.25, 0.3) is 0 Å². The minimum absolute atomic E-state index is 0.154. The number of thiocarbonyl (C=S) groups is 1. The Morgan fingerprint density at radius 2 is 1.68 bits per heavy atom. The zero-order valence-electron chi connectivity index (χ0n) is 9.93. The molecule has 2 amide bonds. The molecule has 0 unspecified atom stereocenters. The van der Waals surface area contributed by atoms with Gasteiger partial charge in [-0.05, 0) is 18.2 Å². The molecular formula is C11H13BrN4O2S. The number of amides is 2. The molecule has 102 valence electrons. The lowest BCUT2D eigenvalue weighted by molar-refractivity contribution is -0.117. The van der Waals surface area contributed by atoms with Crippen LogP contribution in [0, 0.1) is 0 Å². The fourth-order valence-electron chi connectivity index (χ4n) is 1.58. The molecule has 0 spiro atoms. The molecule has 1 aromatic carbocycles. The van der Waals surface area contributed by atoms with Gasteiger partial charge in [-0.3, -0.25) is 9.59 Å². The van der Waals surface area contributed by atoms with Crippen LogP contribution < -0.4 is 22.1 Å². The van der Waals surface area contributed by atoms with Crippen molar-refractivity contribution in [3.63, 3.8) is 0 Å². The summed E-state index contributed by atoms with van der Waals surface area (Å²) in [4.78, 5) is 23.8. The fourth-order valence-corrected chi connectivity index (χ4v) is 2.10. The molecule has 0 saturated heterocycles. The smallest absolute Gasteiger partial charge is 0.236 e. The van der Waals surface area contributed by atoms with Gasteiger partial charge in [0.25, 0.3) is 0 Å². The third-order valence-electron chi connectivity index (χ3n) is 2.26. The lowest BCUT2D eigenvalue weighted by Gasteiger charge is -2.24. The Hall–Kier alpha value is -1.67. The van der Waals surface area contributed by atoms with Gasteiger partial charge in [-0.15, -0.1) is 0 Å². The van der Waals surface area contributed by atoms with Crippen LogP contribution >= 0.6 is 28.1 Å². The third-order valence-corrected chi connectivity index (χ3v) is 2.97. The Balaban J connectivity index is 3.26. The van der Waals surface area contributed by atoms with Gasteiger partial charge in [0, 0.05) is 15.7 Å². The van der Waals surface area contributed by atoms with Crippen molar-refractivity contribution in [3.05, 3.63) is 28.2 Å². The highest BCUT2D eigenvalue weighted by Crippen LogP contribution is 2.25. The number of carbonyl (C=O) groups is 2. The molecule has 0 aromatic heterocycles. The minimum Gasteiger partial charge on any atom is -0.389 e. The molecular weight excluding hydrogens is 332 g/mol. The molecule has 0 atom stereocenters. The molecule has 0 radical (unpaired) electrons. The molecule has 8 heteroatoms. The molecule has 1 rings (SSSR count). The number of halogens is 1. The van der Waals surface area contributed by atoms with Gasteiger partial charge in [0.2, 0.25) is 11.8 Å². The van der Waals surface area contributed by atoms with Crippen molar-refractivity contribution >= 4 is 50.6 Å². The van der Waals surface area contributed by atoms with Gasteiger partial charge in [0.1, 0.15) is 4.99 Å². The Morgan fingerprint density at radius 1 is 1.16 bits per heavy atom. The molecule has 19 heavy (non-hydrogen) atoms. The number of primary amides is 2. The summed E-state index contributed by atoms with van der Waals surface area (Å²) in [7, 11) is 0. The van der Waals surface area contributed by atoms with E-state index in [-0.39, 0.29) is 18.1 Å². The molecule has 0 aliphatic heterocycles. The van der Waals surface area contributed by atoms with E-state index in [2.05, 4.69) is 15.9 Å². The van der Waals surface area contributed by atoms with E-state index in [9.17, 15) is 9.59 Å². The van der Waals surface area contributed by atoms with E-state index in [1.165, 1.54) is 4.90 Å². The Kier molecular flexibility index (Phi) is 5.25. The Morgan fingerprint density at radius 3 is 2.11 bits per heavy atom. The predicted octanol–water partition coefficient (Wildman–Crippen LogP) is -0.140. The topological polar surface area (TPSA) is 115 Å². The average Bonchev–Trinajstić information content (AvgIpc) is 2.26. The van der Waals surface area contributed by atoms with Crippen LogP contribution in [0.15, 0.2) is 22.7 Å². The summed E-state index contributed by atoms with van der Waals surface area (Å²) in [6.07, 6.45) is 0. The second-order valence-electron chi connectivity index (χ2n) is 3.81. The fraction of sp³-hybridized carbons (Fsp3) is 0.182. The quantitative estimate of drug-likeness (QED) is 0.621. The normalized spacial score (nSPS) is 9.95. The zero-order chi connectivity index (χ0) is 14.6. The van der Waals surface area contributed by atoms with E-state index in [1.54, 1.807) is 18.2 Å². The van der Waals surface area contributed by atoms with Gasteiger partial charge in [0.15, 0.2) is 0 Å². The molecule has 0 aliphatic rings. The van der Waals surface area contributed by atoms with Crippen LogP contribution in [0.4, 0.5) is 5.69 Å². The zero-order valence-corrected chi connectivity index (χ0v) is 12.3. The van der Waals surface area contributed by atoms with Gasteiger partial charge in [-0.2, -0.15) is 0 Å². The van der Waals surface area contributed by atoms with E-state index >= 15 is 0 Å². The van der Waals surface area contributed by atoms with Gasteiger partial charge in [-0.1, -0.05) is 28.1 Å². The van der Waals surface area contributed by atoms with Gasteiger partial charge in [0.05, 0.1) is 13.1 Å². The van der Waals surface area contributed by atoms with E-state index in [0.29, 0.717) is 11.3 Å². The summed E-state index contributed by atoms with van der Waals surface area (Å²) in [6.45, 7) is -0.315. The number of hydrogen-bond acceptors (Lipinski definition) is 4. The molecule has 0 heterocycles. The van der Waals surface area contributed by atoms with Crippen molar-refractivity contribution in [2.75, 3.05) is 18.0 Å². The molecule has 0 saturated carbocycles. The van der Waals surface area contributed by atoms with Crippen molar-refractivity contribution < 1.29 is 9.59 Å². The molecule has 1 aromatic rings. The van der Waals surface area contributed by atoms with Gasteiger partial charge >= 0.3 is 0 Å². The maximum Gasteiger partial charge on any atom is 0.236 e. The van der Waals surface area contributed by atoms with Crippen molar-refractivity contribution in [2.24, 2.45) is 17.2 Å².